The molecule has 18 heavy (non-hydrogen) atoms. The minimum absolute atomic E-state index is 0.106. The van der Waals surface area contributed by atoms with Crippen molar-refractivity contribution in [3.8, 4) is 5.75 Å². The highest BCUT2D eigenvalue weighted by atomic mass is 79.9. The molecule has 0 aliphatic carbocycles. The van der Waals surface area contributed by atoms with Crippen LogP contribution in [0, 0.1) is 5.82 Å². The minimum atomic E-state index is -0.465. The molecule has 0 unspecified atom stereocenters. The summed E-state index contributed by atoms with van der Waals surface area (Å²) in [6.07, 6.45) is 1.49. The third-order valence-corrected chi connectivity index (χ3v) is 2.79. The molecule has 1 aromatic carbocycles. The summed E-state index contributed by atoms with van der Waals surface area (Å²) in [4.78, 5) is 3.90. The van der Waals surface area contributed by atoms with Crippen molar-refractivity contribution >= 4 is 27.4 Å². The first kappa shape index (κ1) is 12.6. The zero-order valence-electron chi connectivity index (χ0n) is 9.32. The quantitative estimate of drug-likeness (QED) is 0.602. The molecule has 6 heteroatoms. The van der Waals surface area contributed by atoms with Crippen LogP contribution in [-0.2, 0) is 6.54 Å². The number of aromatic hydroxyl groups is 1. The number of hydrogen-bond acceptors (Lipinski definition) is 4. The molecule has 0 atom stereocenters. The van der Waals surface area contributed by atoms with E-state index in [2.05, 4.69) is 26.2 Å². The monoisotopic (exact) mass is 311 g/mol. The Hall–Kier alpha value is -1.82. The Morgan fingerprint density at radius 3 is 2.89 bits per heavy atom. The Balaban J connectivity index is 2.13. The highest BCUT2D eigenvalue weighted by molar-refractivity contribution is 9.10. The van der Waals surface area contributed by atoms with E-state index in [1.165, 1.54) is 18.3 Å². The maximum Gasteiger partial charge on any atom is 0.166 e. The number of nitrogens with two attached hydrogens (primary N) is 1. The number of halogens is 2. The number of benzene rings is 1. The lowest BCUT2D eigenvalue weighted by molar-refractivity contribution is 0.469. The standard InChI is InChI=1S/C12H11BrFN3O/c13-8-4-10(14)12(17-6-8)16-5-7-3-9(15)1-2-11(7)18/h1-4,6,18H,5,15H2,(H,16,17). The maximum atomic E-state index is 13.5. The van der Waals surface area contributed by atoms with Gasteiger partial charge in [-0.25, -0.2) is 9.37 Å². The Morgan fingerprint density at radius 2 is 2.17 bits per heavy atom. The molecule has 4 nitrogen and oxygen atoms in total. The van der Waals surface area contributed by atoms with Gasteiger partial charge in [0, 0.05) is 28.5 Å². The van der Waals surface area contributed by atoms with Gasteiger partial charge in [0.2, 0.25) is 0 Å². The molecule has 94 valence electrons. The van der Waals surface area contributed by atoms with Crippen LogP contribution in [0.2, 0.25) is 0 Å². The van der Waals surface area contributed by atoms with Crippen LogP contribution in [0.4, 0.5) is 15.9 Å². The predicted octanol–water partition coefficient (Wildman–Crippen LogP) is 2.88. The number of phenols is 1. The molecule has 0 aliphatic rings. The molecule has 0 bridgehead atoms. The van der Waals surface area contributed by atoms with Gasteiger partial charge in [0.15, 0.2) is 11.6 Å². The smallest absolute Gasteiger partial charge is 0.166 e. The lowest BCUT2D eigenvalue weighted by Crippen LogP contribution is -2.04. The third-order valence-electron chi connectivity index (χ3n) is 2.36. The summed E-state index contributed by atoms with van der Waals surface area (Å²) in [6, 6.07) is 6.03. The van der Waals surface area contributed by atoms with Gasteiger partial charge >= 0.3 is 0 Å². The molecule has 4 N–H and O–H groups in total. The topological polar surface area (TPSA) is 71.2 Å². The minimum Gasteiger partial charge on any atom is -0.508 e. The van der Waals surface area contributed by atoms with Crippen LogP contribution in [0.15, 0.2) is 34.9 Å². The first-order valence-corrected chi connectivity index (χ1v) is 5.98. The van der Waals surface area contributed by atoms with Crippen LogP contribution in [0.5, 0.6) is 5.75 Å². The first-order valence-electron chi connectivity index (χ1n) is 5.18. The molecular formula is C12H11BrFN3O. The molecule has 0 amide bonds. The summed E-state index contributed by atoms with van der Waals surface area (Å²) < 4.78 is 14.1. The van der Waals surface area contributed by atoms with E-state index in [0.29, 0.717) is 15.7 Å². The van der Waals surface area contributed by atoms with Crippen molar-refractivity contribution in [1.82, 2.24) is 4.98 Å². The fourth-order valence-corrected chi connectivity index (χ4v) is 1.77. The SMILES string of the molecule is Nc1ccc(O)c(CNc2ncc(Br)cc2F)c1. The van der Waals surface area contributed by atoms with Crippen LogP contribution in [0.25, 0.3) is 0 Å². The molecule has 0 saturated carbocycles. The van der Waals surface area contributed by atoms with Crippen LogP contribution in [0.1, 0.15) is 5.56 Å². The molecular weight excluding hydrogens is 301 g/mol. The number of nitrogens with one attached hydrogen (secondary N) is 1. The van der Waals surface area contributed by atoms with E-state index in [4.69, 9.17) is 5.73 Å². The van der Waals surface area contributed by atoms with Crippen molar-refractivity contribution in [2.24, 2.45) is 0 Å². The van der Waals surface area contributed by atoms with Gasteiger partial charge in [0.1, 0.15) is 5.75 Å². The number of nitrogen functional groups attached to an aromatic ring is 1. The lowest BCUT2D eigenvalue weighted by atomic mass is 10.2. The van der Waals surface area contributed by atoms with E-state index in [-0.39, 0.29) is 18.1 Å². The van der Waals surface area contributed by atoms with Crippen LogP contribution in [-0.4, -0.2) is 10.1 Å². The largest absolute Gasteiger partial charge is 0.508 e. The highest BCUT2D eigenvalue weighted by Gasteiger charge is 2.06. The Labute approximate surface area is 112 Å². The fraction of sp³-hybridized carbons (Fsp3) is 0.0833. The summed E-state index contributed by atoms with van der Waals surface area (Å²) in [5.74, 6) is -0.234. The Bertz CT molecular complexity index is 577. The lowest BCUT2D eigenvalue weighted by Gasteiger charge is -2.09. The molecule has 0 fully saturated rings. The second-order valence-electron chi connectivity index (χ2n) is 3.73. The van der Waals surface area contributed by atoms with Crippen molar-refractivity contribution in [1.29, 1.82) is 0 Å². The van der Waals surface area contributed by atoms with Gasteiger partial charge in [0.05, 0.1) is 0 Å². The number of hydrogen-bond donors (Lipinski definition) is 3. The molecule has 0 radical (unpaired) electrons. The zero-order chi connectivity index (χ0) is 13.1. The van der Waals surface area contributed by atoms with Crippen molar-refractivity contribution in [3.63, 3.8) is 0 Å². The summed E-state index contributed by atoms with van der Waals surface area (Å²) in [5.41, 5.74) is 6.73. The van der Waals surface area contributed by atoms with E-state index in [1.807, 2.05) is 0 Å². The zero-order valence-corrected chi connectivity index (χ0v) is 10.9. The number of aromatic nitrogens is 1. The van der Waals surface area contributed by atoms with Crippen LogP contribution < -0.4 is 11.1 Å². The summed E-state index contributed by atoms with van der Waals surface area (Å²) >= 11 is 3.13. The van der Waals surface area contributed by atoms with Gasteiger partial charge in [0.25, 0.3) is 0 Å². The summed E-state index contributed by atoms with van der Waals surface area (Å²) in [7, 11) is 0. The van der Waals surface area contributed by atoms with Crippen molar-refractivity contribution < 1.29 is 9.50 Å². The Kier molecular flexibility index (Phi) is 3.66. The van der Waals surface area contributed by atoms with Crippen LogP contribution in [0.3, 0.4) is 0 Å². The molecule has 2 rings (SSSR count). The average molecular weight is 312 g/mol. The van der Waals surface area contributed by atoms with Gasteiger partial charge < -0.3 is 16.2 Å². The first-order chi connectivity index (χ1) is 8.56. The normalized spacial score (nSPS) is 10.3. The fourth-order valence-electron chi connectivity index (χ4n) is 1.47. The second kappa shape index (κ2) is 5.22. The number of nitrogens with zero attached hydrogens (tertiary/aromatic N) is 1. The molecule has 1 aromatic heterocycles. The van der Waals surface area contributed by atoms with Crippen LogP contribution >= 0.6 is 15.9 Å². The molecule has 0 saturated heterocycles. The number of anilines is 2. The van der Waals surface area contributed by atoms with E-state index in [0.717, 1.165) is 0 Å². The van der Waals surface area contributed by atoms with Crippen molar-refractivity contribution in [3.05, 3.63) is 46.3 Å². The van der Waals surface area contributed by atoms with Crippen molar-refractivity contribution in [2.75, 3.05) is 11.1 Å². The Morgan fingerprint density at radius 1 is 1.39 bits per heavy atom. The van der Waals surface area contributed by atoms with Crippen molar-refractivity contribution in [2.45, 2.75) is 6.54 Å². The molecule has 2 aromatic rings. The van der Waals surface area contributed by atoms with Gasteiger partial charge in [-0.05, 0) is 40.2 Å². The number of phenolic OH excluding ortho intramolecular Hbond substituents is 1. The van der Waals surface area contributed by atoms with E-state index >= 15 is 0 Å². The summed E-state index contributed by atoms with van der Waals surface area (Å²) in [6.45, 7) is 0.239. The van der Waals surface area contributed by atoms with E-state index in [9.17, 15) is 9.50 Å². The highest BCUT2D eigenvalue weighted by Crippen LogP contribution is 2.22. The third kappa shape index (κ3) is 2.89. The van der Waals surface area contributed by atoms with Gasteiger partial charge in [-0.2, -0.15) is 0 Å². The predicted molar refractivity (Wildman–Crippen MR) is 71.7 cm³/mol. The van der Waals surface area contributed by atoms with E-state index < -0.39 is 5.82 Å². The molecule has 0 aliphatic heterocycles. The number of pyridine rings is 1. The maximum absolute atomic E-state index is 13.5. The van der Waals surface area contributed by atoms with Gasteiger partial charge in [-0.15, -0.1) is 0 Å². The van der Waals surface area contributed by atoms with Gasteiger partial charge in [-0.1, -0.05) is 0 Å². The van der Waals surface area contributed by atoms with Gasteiger partial charge in [-0.3, -0.25) is 0 Å². The molecule has 0 spiro atoms. The molecule has 1 heterocycles. The summed E-state index contributed by atoms with van der Waals surface area (Å²) in [5, 5.41) is 12.4. The number of rotatable bonds is 3. The average Bonchev–Trinajstić information content (AvgIpc) is 2.32. The van der Waals surface area contributed by atoms with E-state index in [1.54, 1.807) is 12.1 Å². The second-order valence-corrected chi connectivity index (χ2v) is 4.64.